The smallest absolute Gasteiger partial charge is 0.123 e. The number of rotatable bonds is 10. The zero-order valence-corrected chi connectivity index (χ0v) is 12.8. The molecule has 1 unspecified atom stereocenters. The molecule has 1 aromatic rings. The van der Waals surface area contributed by atoms with Crippen LogP contribution in [0.3, 0.4) is 0 Å². The van der Waals surface area contributed by atoms with Crippen molar-refractivity contribution < 1.29 is 18.9 Å². The SMILES string of the molecule is CCNC(COCCOC)c1cc(OC)ccc1OC. The first-order valence-corrected chi connectivity index (χ1v) is 6.78. The normalized spacial score (nSPS) is 12.2. The molecule has 1 aromatic carbocycles. The number of hydrogen-bond donors (Lipinski definition) is 1. The Labute approximate surface area is 121 Å². The molecule has 20 heavy (non-hydrogen) atoms. The molecule has 0 bridgehead atoms. The monoisotopic (exact) mass is 283 g/mol. The molecule has 5 heteroatoms. The van der Waals surface area contributed by atoms with Crippen LogP contribution in [-0.2, 0) is 9.47 Å². The van der Waals surface area contributed by atoms with Crippen molar-refractivity contribution in [3.05, 3.63) is 23.8 Å². The summed E-state index contributed by atoms with van der Waals surface area (Å²) in [4.78, 5) is 0. The molecule has 1 atom stereocenters. The maximum atomic E-state index is 5.63. The molecule has 1 rings (SSSR count). The first kappa shape index (κ1) is 16.8. The highest BCUT2D eigenvalue weighted by atomic mass is 16.5. The van der Waals surface area contributed by atoms with E-state index in [1.165, 1.54) is 0 Å². The van der Waals surface area contributed by atoms with E-state index in [2.05, 4.69) is 12.2 Å². The van der Waals surface area contributed by atoms with Crippen LogP contribution in [0.15, 0.2) is 18.2 Å². The van der Waals surface area contributed by atoms with Crippen molar-refractivity contribution in [2.45, 2.75) is 13.0 Å². The van der Waals surface area contributed by atoms with Crippen LogP contribution >= 0.6 is 0 Å². The Morgan fingerprint density at radius 2 is 1.90 bits per heavy atom. The highest BCUT2D eigenvalue weighted by molar-refractivity contribution is 5.42. The van der Waals surface area contributed by atoms with Gasteiger partial charge in [-0.2, -0.15) is 0 Å². The molecule has 1 N–H and O–H groups in total. The molecule has 114 valence electrons. The lowest BCUT2D eigenvalue weighted by molar-refractivity contribution is 0.0584. The molecular formula is C15H25NO4. The third-order valence-electron chi connectivity index (χ3n) is 2.98. The summed E-state index contributed by atoms with van der Waals surface area (Å²) in [6.07, 6.45) is 0. The molecule has 0 fully saturated rings. The van der Waals surface area contributed by atoms with Crippen molar-refractivity contribution in [3.8, 4) is 11.5 Å². The predicted molar refractivity (Wildman–Crippen MR) is 78.7 cm³/mol. The summed E-state index contributed by atoms with van der Waals surface area (Å²) in [5.41, 5.74) is 1.03. The number of likely N-dealkylation sites (N-methyl/N-ethyl adjacent to an activating group) is 1. The lowest BCUT2D eigenvalue weighted by Crippen LogP contribution is -2.26. The van der Waals surface area contributed by atoms with Gasteiger partial charge in [-0.1, -0.05) is 6.92 Å². The second kappa shape index (κ2) is 9.58. The summed E-state index contributed by atoms with van der Waals surface area (Å²) in [6, 6.07) is 5.83. The van der Waals surface area contributed by atoms with Crippen LogP contribution in [0.5, 0.6) is 11.5 Å². The molecule has 0 spiro atoms. The fourth-order valence-electron chi connectivity index (χ4n) is 1.96. The van der Waals surface area contributed by atoms with Gasteiger partial charge in [-0.05, 0) is 24.7 Å². The van der Waals surface area contributed by atoms with Gasteiger partial charge >= 0.3 is 0 Å². The van der Waals surface area contributed by atoms with Crippen molar-refractivity contribution in [1.29, 1.82) is 0 Å². The zero-order chi connectivity index (χ0) is 14.8. The molecule has 0 saturated heterocycles. The van der Waals surface area contributed by atoms with Crippen LogP contribution in [0.2, 0.25) is 0 Å². The summed E-state index contributed by atoms with van der Waals surface area (Å²) in [6.45, 7) is 4.63. The highest BCUT2D eigenvalue weighted by Gasteiger charge is 2.16. The van der Waals surface area contributed by atoms with Gasteiger partial charge in [0.05, 0.1) is 40.1 Å². The maximum absolute atomic E-state index is 5.63. The molecule has 0 aliphatic carbocycles. The van der Waals surface area contributed by atoms with Crippen LogP contribution in [0.25, 0.3) is 0 Å². The van der Waals surface area contributed by atoms with Gasteiger partial charge in [0, 0.05) is 12.7 Å². The lowest BCUT2D eigenvalue weighted by Gasteiger charge is -2.21. The topological polar surface area (TPSA) is 49.0 Å². The van der Waals surface area contributed by atoms with Gasteiger partial charge in [0.15, 0.2) is 0 Å². The Bertz CT molecular complexity index is 384. The molecular weight excluding hydrogens is 258 g/mol. The Morgan fingerprint density at radius 1 is 1.10 bits per heavy atom. The van der Waals surface area contributed by atoms with E-state index < -0.39 is 0 Å². The van der Waals surface area contributed by atoms with Gasteiger partial charge in [-0.3, -0.25) is 0 Å². The van der Waals surface area contributed by atoms with Crippen molar-refractivity contribution in [1.82, 2.24) is 5.32 Å². The fraction of sp³-hybridized carbons (Fsp3) is 0.600. The van der Waals surface area contributed by atoms with Gasteiger partial charge in [0.2, 0.25) is 0 Å². The largest absolute Gasteiger partial charge is 0.497 e. The minimum Gasteiger partial charge on any atom is -0.497 e. The van der Waals surface area contributed by atoms with Crippen LogP contribution in [0.1, 0.15) is 18.5 Å². The van der Waals surface area contributed by atoms with Crippen molar-refractivity contribution in [2.24, 2.45) is 0 Å². The number of benzene rings is 1. The summed E-state index contributed by atoms with van der Waals surface area (Å²) in [7, 11) is 4.99. The second-order valence-corrected chi connectivity index (χ2v) is 4.29. The lowest BCUT2D eigenvalue weighted by atomic mass is 10.1. The van der Waals surface area contributed by atoms with Crippen molar-refractivity contribution in [3.63, 3.8) is 0 Å². The first-order chi connectivity index (χ1) is 9.76. The Morgan fingerprint density at radius 3 is 2.50 bits per heavy atom. The number of nitrogens with one attached hydrogen (secondary N) is 1. The minimum atomic E-state index is 0.0573. The van der Waals surface area contributed by atoms with E-state index in [0.717, 1.165) is 23.6 Å². The molecule has 0 aliphatic rings. The predicted octanol–water partition coefficient (Wildman–Crippen LogP) is 2.02. The van der Waals surface area contributed by atoms with E-state index >= 15 is 0 Å². The molecule has 5 nitrogen and oxygen atoms in total. The van der Waals surface area contributed by atoms with E-state index in [9.17, 15) is 0 Å². The number of ether oxygens (including phenoxy) is 4. The Balaban J connectivity index is 2.82. The number of hydrogen-bond acceptors (Lipinski definition) is 5. The van der Waals surface area contributed by atoms with Crippen molar-refractivity contribution >= 4 is 0 Å². The summed E-state index contributed by atoms with van der Waals surface area (Å²) in [5, 5.41) is 3.40. The van der Waals surface area contributed by atoms with Gasteiger partial charge in [-0.15, -0.1) is 0 Å². The van der Waals surface area contributed by atoms with Crippen LogP contribution in [-0.4, -0.2) is 47.7 Å². The minimum absolute atomic E-state index is 0.0573. The van der Waals surface area contributed by atoms with E-state index in [4.69, 9.17) is 18.9 Å². The standard InChI is InChI=1S/C15H25NO4/c1-5-16-14(11-20-9-8-17-2)13-10-12(18-3)6-7-15(13)19-4/h6-7,10,14,16H,5,8-9,11H2,1-4H3. The molecule has 0 amide bonds. The summed E-state index contributed by atoms with van der Waals surface area (Å²) in [5.74, 6) is 1.63. The molecule has 0 heterocycles. The zero-order valence-electron chi connectivity index (χ0n) is 12.8. The third kappa shape index (κ3) is 5.00. The van der Waals surface area contributed by atoms with E-state index in [1.807, 2.05) is 18.2 Å². The fourth-order valence-corrected chi connectivity index (χ4v) is 1.96. The number of methoxy groups -OCH3 is 3. The van der Waals surface area contributed by atoms with Gasteiger partial charge in [0.25, 0.3) is 0 Å². The average Bonchev–Trinajstić information content (AvgIpc) is 2.49. The van der Waals surface area contributed by atoms with Crippen LogP contribution in [0.4, 0.5) is 0 Å². The van der Waals surface area contributed by atoms with Crippen molar-refractivity contribution in [2.75, 3.05) is 47.7 Å². The summed E-state index contributed by atoms with van der Waals surface area (Å²) >= 11 is 0. The molecule has 0 radical (unpaired) electrons. The van der Waals surface area contributed by atoms with Gasteiger partial charge < -0.3 is 24.3 Å². The van der Waals surface area contributed by atoms with Gasteiger partial charge in [-0.25, -0.2) is 0 Å². The molecule has 0 aliphatic heterocycles. The Hall–Kier alpha value is -1.30. The average molecular weight is 283 g/mol. The summed E-state index contributed by atoms with van der Waals surface area (Å²) < 4.78 is 21.3. The maximum Gasteiger partial charge on any atom is 0.123 e. The van der Waals surface area contributed by atoms with Crippen LogP contribution < -0.4 is 14.8 Å². The van der Waals surface area contributed by atoms with Crippen LogP contribution in [0, 0.1) is 0 Å². The van der Waals surface area contributed by atoms with Gasteiger partial charge in [0.1, 0.15) is 11.5 Å². The first-order valence-electron chi connectivity index (χ1n) is 6.78. The highest BCUT2D eigenvalue weighted by Crippen LogP contribution is 2.29. The molecule has 0 saturated carbocycles. The third-order valence-corrected chi connectivity index (χ3v) is 2.98. The Kier molecular flexibility index (Phi) is 8.02. The second-order valence-electron chi connectivity index (χ2n) is 4.29. The van der Waals surface area contributed by atoms with E-state index in [-0.39, 0.29) is 6.04 Å². The molecule has 0 aromatic heterocycles. The quantitative estimate of drug-likeness (QED) is 0.666. The van der Waals surface area contributed by atoms with E-state index in [0.29, 0.717) is 19.8 Å². The van der Waals surface area contributed by atoms with E-state index in [1.54, 1.807) is 21.3 Å².